The molecule has 0 radical (unpaired) electrons. The summed E-state index contributed by atoms with van der Waals surface area (Å²) in [7, 11) is 0. The van der Waals surface area contributed by atoms with Gasteiger partial charge in [0, 0.05) is 24.6 Å². The lowest BCUT2D eigenvalue weighted by molar-refractivity contribution is 0.0902. The van der Waals surface area contributed by atoms with E-state index in [0.29, 0.717) is 11.8 Å². The van der Waals surface area contributed by atoms with Gasteiger partial charge in [-0.15, -0.1) is 0 Å². The number of alkyl halides is 2. The van der Waals surface area contributed by atoms with Crippen LogP contribution in [0, 0.1) is 11.8 Å². The van der Waals surface area contributed by atoms with Crippen molar-refractivity contribution in [2.75, 3.05) is 19.7 Å². The summed E-state index contributed by atoms with van der Waals surface area (Å²) in [5.41, 5.74) is 1.07. The van der Waals surface area contributed by atoms with Crippen LogP contribution in [0.3, 0.4) is 0 Å². The van der Waals surface area contributed by atoms with Crippen LogP contribution in [0.15, 0.2) is 24.3 Å². The zero-order valence-corrected chi connectivity index (χ0v) is 12.1. The van der Waals surface area contributed by atoms with Crippen molar-refractivity contribution in [1.29, 1.82) is 0 Å². The van der Waals surface area contributed by atoms with Crippen LogP contribution in [-0.2, 0) is 4.74 Å². The molecule has 1 N–H and O–H groups in total. The minimum atomic E-state index is -2.41. The quantitative estimate of drug-likeness (QED) is 0.853. The molecule has 4 heteroatoms. The second-order valence-corrected chi connectivity index (χ2v) is 5.86. The Labute approximate surface area is 119 Å². The van der Waals surface area contributed by atoms with Crippen LogP contribution in [0.2, 0.25) is 0 Å². The Bertz CT molecular complexity index is 405. The molecular formula is C16H23F2NO. The Morgan fingerprint density at radius 1 is 1.25 bits per heavy atom. The van der Waals surface area contributed by atoms with Gasteiger partial charge >= 0.3 is 0 Å². The summed E-state index contributed by atoms with van der Waals surface area (Å²) in [6, 6.07) is 6.54. The number of hydrogen-bond donors (Lipinski definition) is 1. The first-order chi connectivity index (χ1) is 9.58. The first-order valence-electron chi connectivity index (χ1n) is 7.28. The van der Waals surface area contributed by atoms with E-state index < -0.39 is 6.43 Å². The minimum Gasteiger partial charge on any atom is -0.373 e. The summed E-state index contributed by atoms with van der Waals surface area (Å²) in [4.78, 5) is 0. The van der Waals surface area contributed by atoms with Crippen molar-refractivity contribution in [3.8, 4) is 0 Å². The fraction of sp³-hybridized carbons (Fsp3) is 0.625. The average molecular weight is 283 g/mol. The molecule has 1 aliphatic rings. The van der Waals surface area contributed by atoms with Gasteiger partial charge in [0.2, 0.25) is 0 Å². The Kier molecular flexibility index (Phi) is 5.49. The van der Waals surface area contributed by atoms with Gasteiger partial charge in [-0.25, -0.2) is 8.78 Å². The van der Waals surface area contributed by atoms with Gasteiger partial charge in [0.15, 0.2) is 0 Å². The molecule has 2 unspecified atom stereocenters. The van der Waals surface area contributed by atoms with Gasteiger partial charge in [-0.2, -0.15) is 0 Å². The van der Waals surface area contributed by atoms with Crippen LogP contribution in [-0.4, -0.2) is 19.7 Å². The van der Waals surface area contributed by atoms with Crippen molar-refractivity contribution < 1.29 is 13.5 Å². The number of benzene rings is 1. The molecule has 1 aromatic carbocycles. The molecule has 0 aromatic heterocycles. The Balaban J connectivity index is 1.95. The Morgan fingerprint density at radius 3 is 2.55 bits per heavy atom. The van der Waals surface area contributed by atoms with Crippen LogP contribution in [0.25, 0.3) is 0 Å². The fourth-order valence-corrected chi connectivity index (χ4v) is 2.60. The smallest absolute Gasteiger partial charge is 0.263 e. The summed E-state index contributed by atoms with van der Waals surface area (Å²) in [5.74, 6) is 1.05. The number of hydrogen-bond acceptors (Lipinski definition) is 2. The van der Waals surface area contributed by atoms with E-state index in [4.69, 9.17) is 4.74 Å². The molecule has 112 valence electrons. The maximum Gasteiger partial charge on any atom is 0.263 e. The highest BCUT2D eigenvalue weighted by atomic mass is 19.3. The topological polar surface area (TPSA) is 21.3 Å². The van der Waals surface area contributed by atoms with Gasteiger partial charge in [-0.3, -0.25) is 0 Å². The van der Waals surface area contributed by atoms with Gasteiger partial charge in [-0.1, -0.05) is 38.1 Å². The molecule has 2 rings (SSSR count). The molecule has 2 nitrogen and oxygen atoms in total. The minimum absolute atomic E-state index is 0.0291. The van der Waals surface area contributed by atoms with E-state index in [1.54, 1.807) is 12.1 Å². The third-order valence-electron chi connectivity index (χ3n) is 3.69. The highest BCUT2D eigenvalue weighted by Crippen LogP contribution is 2.34. The predicted octanol–water partition coefficient (Wildman–Crippen LogP) is 3.95. The molecule has 1 saturated heterocycles. The summed E-state index contributed by atoms with van der Waals surface area (Å²) < 4.78 is 30.9. The van der Waals surface area contributed by atoms with Crippen molar-refractivity contribution in [3.63, 3.8) is 0 Å². The molecule has 0 saturated carbocycles. The fourth-order valence-electron chi connectivity index (χ4n) is 2.60. The molecule has 1 aliphatic heterocycles. The molecule has 20 heavy (non-hydrogen) atoms. The standard InChI is InChI=1S/C16H23F2NO/c1-11(2)9-19-10-14-7-8-20-15(14)12-3-5-13(6-4-12)16(17)18/h3-6,11,14-16,19H,7-10H2,1-2H3. The van der Waals surface area contributed by atoms with Crippen molar-refractivity contribution in [1.82, 2.24) is 5.32 Å². The van der Waals surface area contributed by atoms with Crippen LogP contribution >= 0.6 is 0 Å². The van der Waals surface area contributed by atoms with E-state index >= 15 is 0 Å². The summed E-state index contributed by atoms with van der Waals surface area (Å²) in [6.07, 6.45) is -1.36. The van der Waals surface area contributed by atoms with E-state index in [-0.39, 0.29) is 11.7 Å². The van der Waals surface area contributed by atoms with E-state index in [9.17, 15) is 8.78 Å². The second kappa shape index (κ2) is 7.14. The Morgan fingerprint density at radius 2 is 1.95 bits per heavy atom. The third-order valence-corrected chi connectivity index (χ3v) is 3.69. The number of halogens is 2. The number of ether oxygens (including phenoxy) is 1. The van der Waals surface area contributed by atoms with E-state index in [1.165, 1.54) is 12.1 Å². The van der Waals surface area contributed by atoms with E-state index in [2.05, 4.69) is 19.2 Å². The first kappa shape index (κ1) is 15.4. The average Bonchev–Trinajstić information content (AvgIpc) is 2.87. The molecule has 0 aliphatic carbocycles. The maximum atomic E-state index is 12.6. The molecule has 0 bridgehead atoms. The van der Waals surface area contributed by atoms with Gasteiger partial charge in [0.05, 0.1) is 6.10 Å². The van der Waals surface area contributed by atoms with Crippen LogP contribution in [0.1, 0.15) is 43.9 Å². The molecule has 0 spiro atoms. The van der Waals surface area contributed by atoms with Crippen LogP contribution in [0.5, 0.6) is 0 Å². The molecular weight excluding hydrogens is 260 g/mol. The highest BCUT2D eigenvalue weighted by Gasteiger charge is 2.29. The van der Waals surface area contributed by atoms with Gasteiger partial charge in [0.25, 0.3) is 6.43 Å². The third kappa shape index (κ3) is 4.00. The highest BCUT2D eigenvalue weighted by molar-refractivity contribution is 5.26. The lowest BCUT2D eigenvalue weighted by Crippen LogP contribution is -2.27. The monoisotopic (exact) mass is 283 g/mol. The second-order valence-electron chi connectivity index (χ2n) is 5.86. The number of nitrogens with one attached hydrogen (secondary N) is 1. The largest absolute Gasteiger partial charge is 0.373 e. The normalized spacial score (nSPS) is 22.9. The van der Waals surface area contributed by atoms with Crippen molar-refractivity contribution in [3.05, 3.63) is 35.4 Å². The molecule has 1 heterocycles. The van der Waals surface area contributed by atoms with E-state index in [1.807, 2.05) is 0 Å². The van der Waals surface area contributed by atoms with Crippen molar-refractivity contribution in [2.24, 2.45) is 11.8 Å². The zero-order chi connectivity index (χ0) is 14.5. The van der Waals surface area contributed by atoms with Gasteiger partial charge in [0.1, 0.15) is 0 Å². The van der Waals surface area contributed by atoms with Crippen LogP contribution in [0.4, 0.5) is 8.78 Å². The lowest BCUT2D eigenvalue weighted by atomic mass is 9.94. The lowest BCUT2D eigenvalue weighted by Gasteiger charge is -2.20. The summed E-state index contributed by atoms with van der Waals surface area (Å²) >= 11 is 0. The first-order valence-corrected chi connectivity index (χ1v) is 7.28. The SMILES string of the molecule is CC(C)CNCC1CCOC1c1ccc(C(F)F)cc1. The molecule has 1 aromatic rings. The van der Waals surface area contributed by atoms with Gasteiger partial charge in [-0.05, 0) is 24.4 Å². The van der Waals surface area contributed by atoms with Crippen molar-refractivity contribution in [2.45, 2.75) is 32.8 Å². The summed E-state index contributed by atoms with van der Waals surface area (Å²) in [5, 5.41) is 3.46. The predicted molar refractivity (Wildman–Crippen MR) is 75.9 cm³/mol. The zero-order valence-electron chi connectivity index (χ0n) is 12.1. The maximum absolute atomic E-state index is 12.6. The Hall–Kier alpha value is -1.00. The number of rotatable bonds is 6. The van der Waals surface area contributed by atoms with E-state index in [0.717, 1.165) is 31.7 Å². The molecule has 1 fully saturated rings. The van der Waals surface area contributed by atoms with Crippen LogP contribution < -0.4 is 5.32 Å². The molecule has 2 atom stereocenters. The van der Waals surface area contributed by atoms with Gasteiger partial charge < -0.3 is 10.1 Å². The summed E-state index contributed by atoms with van der Waals surface area (Å²) in [6.45, 7) is 7.01. The van der Waals surface area contributed by atoms with Crippen molar-refractivity contribution >= 4 is 0 Å². The molecule has 0 amide bonds.